The molecule has 1 aromatic rings. The summed E-state index contributed by atoms with van der Waals surface area (Å²) in [6.45, 7) is 1.42. The fourth-order valence-corrected chi connectivity index (χ4v) is 3.44. The van der Waals surface area contributed by atoms with Crippen molar-refractivity contribution >= 4 is 46.3 Å². The number of aliphatic carboxylic acids is 1. The molecule has 6 nitrogen and oxygen atoms in total. The normalized spacial score (nSPS) is 17.5. The molecule has 0 spiro atoms. The summed E-state index contributed by atoms with van der Waals surface area (Å²) in [6.07, 6.45) is 1.65. The van der Waals surface area contributed by atoms with Crippen LogP contribution in [0.4, 0.5) is 0 Å². The summed E-state index contributed by atoms with van der Waals surface area (Å²) >= 11 is 6.19. The number of nitrogens with zero attached hydrogens (tertiary/aromatic N) is 1. The Morgan fingerprint density at radius 2 is 2.00 bits per heavy atom. The number of rotatable bonds is 5. The van der Waals surface area contributed by atoms with Gasteiger partial charge in [0.25, 0.3) is 5.91 Å². The van der Waals surface area contributed by atoms with Crippen molar-refractivity contribution in [1.82, 2.24) is 4.90 Å². The van der Waals surface area contributed by atoms with Crippen LogP contribution in [0.1, 0.15) is 12.5 Å². The summed E-state index contributed by atoms with van der Waals surface area (Å²) in [5.74, 6) is -0.398. The van der Waals surface area contributed by atoms with Gasteiger partial charge in [-0.05, 0) is 30.7 Å². The molecule has 2 rings (SSSR count). The van der Waals surface area contributed by atoms with E-state index in [1.807, 2.05) is 0 Å². The van der Waals surface area contributed by atoms with E-state index in [-0.39, 0.29) is 4.32 Å². The molecule has 1 saturated heterocycles. The van der Waals surface area contributed by atoms with Crippen LogP contribution in [-0.4, -0.2) is 46.5 Å². The van der Waals surface area contributed by atoms with Crippen molar-refractivity contribution in [1.29, 1.82) is 0 Å². The maximum Gasteiger partial charge on any atom is 0.326 e. The number of methoxy groups -OCH3 is 2. The number of thiocarbonyl (C=S) groups is 1. The van der Waals surface area contributed by atoms with Gasteiger partial charge in [-0.15, -0.1) is 0 Å². The SMILES string of the molecule is COc1ccc(C=C2SC(=S)N(C(C)C(=O)O)C2=O)cc1OC. The number of amides is 1. The van der Waals surface area contributed by atoms with Crippen LogP contribution in [0.25, 0.3) is 6.08 Å². The first-order valence-electron chi connectivity index (χ1n) is 6.61. The molecule has 1 aliphatic heterocycles. The molecule has 1 N–H and O–H groups in total. The zero-order chi connectivity index (χ0) is 17.1. The average molecular weight is 353 g/mol. The van der Waals surface area contributed by atoms with E-state index in [9.17, 15) is 9.59 Å². The Hall–Kier alpha value is -2.06. The van der Waals surface area contributed by atoms with Gasteiger partial charge < -0.3 is 14.6 Å². The first-order valence-corrected chi connectivity index (χ1v) is 7.83. The Kier molecular flexibility index (Phi) is 5.27. The van der Waals surface area contributed by atoms with Gasteiger partial charge in [-0.25, -0.2) is 4.79 Å². The predicted octanol–water partition coefficient (Wildman–Crippen LogP) is 2.38. The van der Waals surface area contributed by atoms with Gasteiger partial charge in [-0.3, -0.25) is 9.69 Å². The standard InChI is InChI=1S/C15H15NO5S2/c1-8(14(18)19)16-13(17)12(23-15(16)22)7-9-4-5-10(20-2)11(6-9)21-3/h4-8H,1-3H3,(H,18,19). The van der Waals surface area contributed by atoms with Crippen LogP contribution in [0.2, 0.25) is 0 Å². The van der Waals surface area contributed by atoms with Crippen LogP contribution in [0.3, 0.4) is 0 Å². The second-order valence-electron chi connectivity index (χ2n) is 4.68. The lowest BCUT2D eigenvalue weighted by Crippen LogP contribution is -2.41. The van der Waals surface area contributed by atoms with Crippen molar-refractivity contribution in [2.24, 2.45) is 0 Å². The second-order valence-corrected chi connectivity index (χ2v) is 6.36. The van der Waals surface area contributed by atoms with E-state index in [1.54, 1.807) is 24.3 Å². The number of hydrogen-bond donors (Lipinski definition) is 1. The topological polar surface area (TPSA) is 76.1 Å². The molecule has 1 aromatic carbocycles. The Balaban J connectivity index is 2.32. The lowest BCUT2D eigenvalue weighted by atomic mass is 10.1. The molecule has 1 aliphatic rings. The minimum Gasteiger partial charge on any atom is -0.493 e. The van der Waals surface area contributed by atoms with Gasteiger partial charge in [0, 0.05) is 0 Å². The first-order chi connectivity index (χ1) is 10.9. The van der Waals surface area contributed by atoms with Crippen LogP contribution in [0, 0.1) is 0 Å². The molecule has 0 bridgehead atoms. The third-order valence-corrected chi connectivity index (χ3v) is 4.60. The molecule has 0 radical (unpaired) electrons. The number of carboxylic acids is 1. The third-order valence-electron chi connectivity index (χ3n) is 3.27. The molecule has 1 fully saturated rings. The zero-order valence-electron chi connectivity index (χ0n) is 12.7. The molecule has 0 saturated carbocycles. The van der Waals surface area contributed by atoms with Crippen LogP contribution >= 0.6 is 24.0 Å². The minimum absolute atomic E-state index is 0.233. The molecule has 1 amide bonds. The van der Waals surface area contributed by atoms with Crippen molar-refractivity contribution in [3.05, 3.63) is 28.7 Å². The van der Waals surface area contributed by atoms with Crippen molar-refractivity contribution in [3.8, 4) is 11.5 Å². The fraction of sp³-hybridized carbons (Fsp3) is 0.267. The highest BCUT2D eigenvalue weighted by Crippen LogP contribution is 2.35. The van der Waals surface area contributed by atoms with Crippen molar-refractivity contribution in [3.63, 3.8) is 0 Å². The van der Waals surface area contributed by atoms with Crippen LogP contribution < -0.4 is 9.47 Å². The quantitative estimate of drug-likeness (QED) is 0.643. The summed E-state index contributed by atoms with van der Waals surface area (Å²) < 4.78 is 10.6. The van der Waals surface area contributed by atoms with E-state index >= 15 is 0 Å². The number of ether oxygens (including phenoxy) is 2. The van der Waals surface area contributed by atoms with Gasteiger partial charge in [0.2, 0.25) is 0 Å². The number of benzene rings is 1. The Bertz CT molecular complexity index is 701. The highest BCUT2D eigenvalue weighted by Gasteiger charge is 2.38. The van der Waals surface area contributed by atoms with E-state index in [1.165, 1.54) is 21.1 Å². The Morgan fingerprint density at radius 3 is 2.57 bits per heavy atom. The molecule has 0 aliphatic carbocycles. The summed E-state index contributed by atoms with van der Waals surface area (Å²) in [4.78, 5) is 24.9. The maximum absolute atomic E-state index is 12.4. The Morgan fingerprint density at radius 1 is 1.35 bits per heavy atom. The molecular formula is C15H15NO5S2. The van der Waals surface area contributed by atoms with E-state index in [2.05, 4.69) is 0 Å². The summed E-state index contributed by atoms with van der Waals surface area (Å²) in [7, 11) is 3.06. The van der Waals surface area contributed by atoms with Crippen LogP contribution in [-0.2, 0) is 9.59 Å². The highest BCUT2D eigenvalue weighted by atomic mass is 32.2. The third kappa shape index (κ3) is 3.48. The number of carbonyl (C=O) groups is 2. The lowest BCUT2D eigenvalue weighted by molar-refractivity contribution is -0.144. The second kappa shape index (κ2) is 7.01. The highest BCUT2D eigenvalue weighted by molar-refractivity contribution is 8.26. The predicted molar refractivity (Wildman–Crippen MR) is 91.7 cm³/mol. The van der Waals surface area contributed by atoms with Crippen molar-refractivity contribution in [2.75, 3.05) is 14.2 Å². The van der Waals surface area contributed by atoms with Crippen molar-refractivity contribution < 1.29 is 24.2 Å². The largest absolute Gasteiger partial charge is 0.493 e. The molecule has 1 heterocycles. The number of hydrogen-bond acceptors (Lipinski definition) is 6. The Labute approximate surface area is 143 Å². The molecule has 0 aromatic heterocycles. The molecule has 8 heteroatoms. The van der Waals surface area contributed by atoms with E-state index < -0.39 is 17.9 Å². The maximum atomic E-state index is 12.4. The molecule has 23 heavy (non-hydrogen) atoms. The number of thioether (sulfide) groups is 1. The average Bonchev–Trinajstić information content (AvgIpc) is 2.80. The van der Waals surface area contributed by atoms with E-state index in [0.717, 1.165) is 22.2 Å². The van der Waals surface area contributed by atoms with Gasteiger partial charge in [0.15, 0.2) is 11.5 Å². The van der Waals surface area contributed by atoms with Gasteiger partial charge in [0.1, 0.15) is 10.4 Å². The molecule has 1 atom stereocenters. The van der Waals surface area contributed by atoms with Gasteiger partial charge in [-0.2, -0.15) is 0 Å². The zero-order valence-corrected chi connectivity index (χ0v) is 14.4. The van der Waals surface area contributed by atoms with Gasteiger partial charge in [-0.1, -0.05) is 30.0 Å². The lowest BCUT2D eigenvalue weighted by Gasteiger charge is -2.18. The van der Waals surface area contributed by atoms with E-state index in [0.29, 0.717) is 16.4 Å². The number of carbonyl (C=O) groups excluding carboxylic acids is 1. The monoisotopic (exact) mass is 353 g/mol. The minimum atomic E-state index is -1.10. The van der Waals surface area contributed by atoms with E-state index in [4.69, 9.17) is 26.8 Å². The van der Waals surface area contributed by atoms with Gasteiger partial charge in [0.05, 0.1) is 19.1 Å². The summed E-state index contributed by atoms with van der Waals surface area (Å²) in [6, 6.07) is 4.23. The van der Waals surface area contributed by atoms with Gasteiger partial charge >= 0.3 is 5.97 Å². The fourth-order valence-electron chi connectivity index (χ4n) is 2.02. The smallest absolute Gasteiger partial charge is 0.326 e. The van der Waals surface area contributed by atoms with Crippen LogP contribution in [0.5, 0.6) is 11.5 Å². The summed E-state index contributed by atoms with van der Waals surface area (Å²) in [5.41, 5.74) is 0.728. The number of carboxylic acid groups (broad SMARTS) is 1. The molecular weight excluding hydrogens is 338 g/mol. The van der Waals surface area contributed by atoms with Crippen LogP contribution in [0.15, 0.2) is 23.1 Å². The summed E-state index contributed by atoms with van der Waals surface area (Å²) in [5, 5.41) is 9.07. The van der Waals surface area contributed by atoms with Crippen molar-refractivity contribution in [2.45, 2.75) is 13.0 Å². The first kappa shape index (κ1) is 17.3. The molecule has 122 valence electrons. The molecule has 1 unspecified atom stereocenters.